The smallest absolute Gasteiger partial charge is 0.186 e. The Morgan fingerprint density at radius 1 is 1.35 bits per heavy atom. The van der Waals surface area contributed by atoms with E-state index >= 15 is 0 Å². The van der Waals surface area contributed by atoms with Crippen LogP contribution in [0.25, 0.3) is 0 Å². The zero-order valence-corrected chi connectivity index (χ0v) is 12.3. The van der Waals surface area contributed by atoms with Crippen LogP contribution in [0.4, 0.5) is 5.13 Å². The highest BCUT2D eigenvalue weighted by molar-refractivity contribution is 7.17. The van der Waals surface area contributed by atoms with Gasteiger partial charge in [-0.3, -0.25) is 9.78 Å². The van der Waals surface area contributed by atoms with Crippen molar-refractivity contribution in [1.82, 2.24) is 9.97 Å². The van der Waals surface area contributed by atoms with Crippen LogP contribution in [0.3, 0.4) is 0 Å². The molecule has 2 heterocycles. The zero-order chi connectivity index (χ0) is 13.9. The summed E-state index contributed by atoms with van der Waals surface area (Å²) in [6.07, 6.45) is 4.33. The summed E-state index contributed by atoms with van der Waals surface area (Å²) in [6, 6.07) is 5.93. The molecule has 0 aliphatic heterocycles. The molecule has 2 aromatic heterocycles. The van der Waals surface area contributed by atoms with Crippen LogP contribution in [0.1, 0.15) is 40.8 Å². The van der Waals surface area contributed by atoms with Gasteiger partial charge in [0.2, 0.25) is 0 Å². The zero-order valence-electron chi connectivity index (χ0n) is 11.5. The van der Waals surface area contributed by atoms with Gasteiger partial charge in [0, 0.05) is 19.2 Å². The van der Waals surface area contributed by atoms with Gasteiger partial charge in [-0.15, -0.1) is 0 Å². The molecule has 0 radical (unpaired) electrons. The van der Waals surface area contributed by atoms with Crippen molar-refractivity contribution in [3.8, 4) is 0 Å². The average Bonchev–Trinajstić information content (AvgIpc) is 2.91. The van der Waals surface area contributed by atoms with E-state index in [1.807, 2.05) is 18.2 Å². The summed E-state index contributed by atoms with van der Waals surface area (Å²) in [4.78, 5) is 24.0. The average molecular weight is 287 g/mol. The van der Waals surface area contributed by atoms with E-state index in [2.05, 4.69) is 21.8 Å². The van der Waals surface area contributed by atoms with Crippen LogP contribution in [0.2, 0.25) is 0 Å². The molecule has 3 rings (SSSR count). The van der Waals surface area contributed by atoms with Crippen molar-refractivity contribution in [3.63, 3.8) is 0 Å². The number of carbonyl (C=O) groups is 1. The lowest BCUT2D eigenvalue weighted by Crippen LogP contribution is -2.22. The fourth-order valence-corrected chi connectivity index (χ4v) is 3.54. The van der Waals surface area contributed by atoms with Gasteiger partial charge in [0.1, 0.15) is 0 Å². The number of nitrogens with zero attached hydrogens (tertiary/aromatic N) is 3. The summed E-state index contributed by atoms with van der Waals surface area (Å²) in [5, 5.41) is 0.943. The van der Waals surface area contributed by atoms with Crippen molar-refractivity contribution in [2.24, 2.45) is 0 Å². The molecule has 0 spiro atoms. The van der Waals surface area contributed by atoms with Gasteiger partial charge in [0.25, 0.3) is 0 Å². The maximum Gasteiger partial charge on any atom is 0.186 e. The van der Waals surface area contributed by atoms with Gasteiger partial charge in [-0.2, -0.15) is 0 Å². The number of rotatable bonds is 4. The Morgan fingerprint density at radius 2 is 2.25 bits per heavy atom. The first-order valence-corrected chi connectivity index (χ1v) is 7.77. The third-order valence-corrected chi connectivity index (χ3v) is 4.69. The molecule has 0 saturated carbocycles. The van der Waals surface area contributed by atoms with Gasteiger partial charge < -0.3 is 4.90 Å². The highest BCUT2D eigenvalue weighted by Crippen LogP contribution is 2.32. The number of anilines is 1. The summed E-state index contributed by atoms with van der Waals surface area (Å²) in [5.41, 5.74) is 2.01. The predicted molar refractivity (Wildman–Crippen MR) is 80.3 cm³/mol. The number of aromatic nitrogens is 2. The normalized spacial score (nSPS) is 14.2. The summed E-state index contributed by atoms with van der Waals surface area (Å²) in [6.45, 7) is 3.69. The fraction of sp³-hybridized carbons (Fsp3) is 0.400. The SMILES string of the molecule is CCN(Cc1ccccn1)c1nc2c(s1)C(=O)CCC2. The number of hydrogen-bond acceptors (Lipinski definition) is 5. The van der Waals surface area contributed by atoms with Crippen LogP contribution >= 0.6 is 11.3 Å². The second-order valence-electron chi connectivity index (χ2n) is 4.88. The second kappa shape index (κ2) is 5.71. The molecule has 5 heteroatoms. The third-order valence-electron chi connectivity index (χ3n) is 3.49. The Morgan fingerprint density at radius 3 is 2.95 bits per heavy atom. The lowest BCUT2D eigenvalue weighted by atomic mass is 10.0. The summed E-state index contributed by atoms with van der Waals surface area (Å²) >= 11 is 1.53. The maximum absolute atomic E-state index is 11.9. The Kier molecular flexibility index (Phi) is 3.78. The van der Waals surface area contributed by atoms with Crippen molar-refractivity contribution in [3.05, 3.63) is 40.7 Å². The number of pyridine rings is 1. The van der Waals surface area contributed by atoms with Crippen molar-refractivity contribution in [2.75, 3.05) is 11.4 Å². The van der Waals surface area contributed by atoms with E-state index in [9.17, 15) is 4.79 Å². The van der Waals surface area contributed by atoms with Gasteiger partial charge in [0.05, 0.1) is 22.8 Å². The van der Waals surface area contributed by atoms with E-state index in [1.165, 1.54) is 11.3 Å². The van der Waals surface area contributed by atoms with E-state index in [0.717, 1.165) is 47.3 Å². The number of hydrogen-bond donors (Lipinski definition) is 0. The van der Waals surface area contributed by atoms with Crippen LogP contribution in [-0.2, 0) is 13.0 Å². The number of aryl methyl sites for hydroxylation is 1. The van der Waals surface area contributed by atoms with Crippen molar-refractivity contribution in [2.45, 2.75) is 32.7 Å². The molecule has 1 aliphatic carbocycles. The number of ketones is 1. The van der Waals surface area contributed by atoms with E-state index in [0.29, 0.717) is 6.42 Å². The molecule has 0 aromatic carbocycles. The van der Waals surface area contributed by atoms with E-state index in [1.54, 1.807) is 6.20 Å². The van der Waals surface area contributed by atoms with Gasteiger partial charge in [-0.25, -0.2) is 4.98 Å². The van der Waals surface area contributed by atoms with Gasteiger partial charge in [-0.1, -0.05) is 17.4 Å². The van der Waals surface area contributed by atoms with Crippen molar-refractivity contribution < 1.29 is 4.79 Å². The Hall–Kier alpha value is -1.75. The Labute approximate surface area is 122 Å². The molecule has 0 atom stereocenters. The number of thiazole rings is 1. The lowest BCUT2D eigenvalue weighted by molar-refractivity contribution is 0.0976. The van der Waals surface area contributed by atoms with E-state index < -0.39 is 0 Å². The molecule has 104 valence electrons. The number of carbonyl (C=O) groups excluding carboxylic acids is 1. The second-order valence-corrected chi connectivity index (χ2v) is 5.86. The largest absolute Gasteiger partial charge is 0.342 e. The molecular weight excluding hydrogens is 270 g/mol. The minimum absolute atomic E-state index is 0.254. The van der Waals surface area contributed by atoms with Gasteiger partial charge in [-0.05, 0) is 31.9 Å². The van der Waals surface area contributed by atoms with Gasteiger partial charge in [0.15, 0.2) is 10.9 Å². The van der Waals surface area contributed by atoms with Gasteiger partial charge >= 0.3 is 0 Å². The minimum Gasteiger partial charge on any atom is -0.342 e. The quantitative estimate of drug-likeness (QED) is 0.867. The topological polar surface area (TPSA) is 46.1 Å². The van der Waals surface area contributed by atoms with E-state index in [-0.39, 0.29) is 5.78 Å². The molecule has 4 nitrogen and oxygen atoms in total. The molecule has 0 amide bonds. The van der Waals surface area contributed by atoms with E-state index in [4.69, 9.17) is 0 Å². The standard InChI is InChI=1S/C15H17N3OS/c1-2-18(10-11-6-3-4-9-16-11)15-17-12-7-5-8-13(19)14(12)20-15/h3-4,6,9H,2,5,7-8,10H2,1H3. The van der Waals surface area contributed by atoms with Crippen LogP contribution < -0.4 is 4.90 Å². The monoisotopic (exact) mass is 287 g/mol. The van der Waals surface area contributed by atoms with Crippen LogP contribution in [-0.4, -0.2) is 22.3 Å². The minimum atomic E-state index is 0.254. The molecule has 1 aliphatic rings. The Bertz CT molecular complexity index is 609. The summed E-state index contributed by atoms with van der Waals surface area (Å²) in [7, 11) is 0. The third kappa shape index (κ3) is 2.58. The van der Waals surface area contributed by atoms with Crippen molar-refractivity contribution >= 4 is 22.3 Å². The van der Waals surface area contributed by atoms with Crippen LogP contribution in [0, 0.1) is 0 Å². The maximum atomic E-state index is 11.9. The first kappa shape index (κ1) is 13.2. The number of fused-ring (bicyclic) bond motifs is 1. The van der Waals surface area contributed by atoms with Crippen molar-refractivity contribution in [1.29, 1.82) is 0 Å². The van der Waals surface area contributed by atoms with Crippen LogP contribution in [0.15, 0.2) is 24.4 Å². The predicted octanol–water partition coefficient (Wildman–Crippen LogP) is 3.08. The van der Waals surface area contributed by atoms with Crippen LogP contribution in [0.5, 0.6) is 0 Å². The first-order chi connectivity index (χ1) is 9.78. The number of Topliss-reactive ketones (excluding diaryl/α,β-unsaturated/α-hetero) is 1. The highest BCUT2D eigenvalue weighted by Gasteiger charge is 2.23. The molecule has 0 fully saturated rings. The summed E-state index contributed by atoms with van der Waals surface area (Å²) < 4.78 is 0. The molecule has 0 unspecified atom stereocenters. The summed E-state index contributed by atoms with van der Waals surface area (Å²) in [5.74, 6) is 0.254. The molecule has 0 saturated heterocycles. The highest BCUT2D eigenvalue weighted by atomic mass is 32.1. The molecular formula is C15H17N3OS. The lowest BCUT2D eigenvalue weighted by Gasteiger charge is -2.19. The first-order valence-electron chi connectivity index (χ1n) is 6.95. The molecule has 0 N–H and O–H groups in total. The fourth-order valence-electron chi connectivity index (χ4n) is 2.39. The molecule has 20 heavy (non-hydrogen) atoms. The molecule has 2 aromatic rings. The molecule has 0 bridgehead atoms. The Balaban J connectivity index is 1.85.